The van der Waals surface area contributed by atoms with Crippen LogP contribution in [0.4, 0.5) is 5.69 Å². The lowest BCUT2D eigenvalue weighted by Gasteiger charge is -2.03. The van der Waals surface area contributed by atoms with Gasteiger partial charge in [-0.15, -0.1) is 0 Å². The molecule has 27 heavy (non-hydrogen) atoms. The summed E-state index contributed by atoms with van der Waals surface area (Å²) in [5.41, 5.74) is 1.12. The lowest BCUT2D eigenvalue weighted by Crippen LogP contribution is -2.13. The van der Waals surface area contributed by atoms with Crippen molar-refractivity contribution < 1.29 is 9.21 Å². The summed E-state index contributed by atoms with van der Waals surface area (Å²) in [4.78, 5) is 12.3. The topological polar surface area (TPSA) is 66.0 Å². The van der Waals surface area contributed by atoms with Crippen molar-refractivity contribution in [2.75, 3.05) is 5.32 Å². The normalized spacial score (nSPS) is 11.1. The lowest BCUT2D eigenvalue weighted by atomic mass is 10.2. The van der Waals surface area contributed by atoms with Gasteiger partial charge in [-0.05, 0) is 54.6 Å². The van der Waals surface area contributed by atoms with Crippen molar-refractivity contribution in [2.45, 2.75) is 0 Å². The number of furan rings is 1. The Hall–Kier alpha value is -2.71. The number of nitriles is 1. The Morgan fingerprint density at radius 3 is 2.26 bits per heavy atom. The lowest BCUT2D eigenvalue weighted by molar-refractivity contribution is -0.112. The van der Waals surface area contributed by atoms with Crippen molar-refractivity contribution in [2.24, 2.45) is 0 Å². The second-order valence-electron chi connectivity index (χ2n) is 5.49. The van der Waals surface area contributed by atoms with Crippen LogP contribution < -0.4 is 5.32 Å². The van der Waals surface area contributed by atoms with E-state index in [1.54, 1.807) is 54.6 Å². The summed E-state index contributed by atoms with van der Waals surface area (Å²) < 4.78 is 5.69. The molecule has 3 rings (SSSR count). The number of benzene rings is 2. The van der Waals surface area contributed by atoms with Gasteiger partial charge in [0.1, 0.15) is 23.2 Å². The summed E-state index contributed by atoms with van der Waals surface area (Å²) in [6, 6.07) is 16.8. The highest BCUT2D eigenvalue weighted by Gasteiger charge is 2.12. The van der Waals surface area contributed by atoms with Gasteiger partial charge in [0, 0.05) is 32.4 Å². The van der Waals surface area contributed by atoms with Gasteiger partial charge in [0.15, 0.2) is 0 Å². The first-order chi connectivity index (χ1) is 12.9. The largest absolute Gasteiger partial charge is 0.457 e. The first-order valence-corrected chi connectivity index (χ1v) is 8.83. The molecule has 0 radical (unpaired) electrons. The Kier molecular flexibility index (Phi) is 5.88. The Bertz CT molecular complexity index is 1040. The standard InChI is InChI=1S/C20H11Cl3N2O2/c21-14-1-3-17(4-2-14)25-20(26)13(11-24)9-18-5-6-19(27-18)12-7-15(22)10-16(23)8-12/h1-10H,(H,25,26)/b13-9-. The smallest absolute Gasteiger partial charge is 0.266 e. The molecule has 0 unspecified atom stereocenters. The number of carbonyl (C=O) groups excluding carboxylic acids is 1. The molecule has 4 nitrogen and oxygen atoms in total. The van der Waals surface area contributed by atoms with E-state index in [1.165, 1.54) is 6.08 Å². The van der Waals surface area contributed by atoms with E-state index < -0.39 is 5.91 Å². The molecular formula is C20H11Cl3N2O2. The molecule has 1 amide bonds. The summed E-state index contributed by atoms with van der Waals surface area (Å²) >= 11 is 17.8. The van der Waals surface area contributed by atoms with Crippen LogP contribution in [0.5, 0.6) is 0 Å². The van der Waals surface area contributed by atoms with Crippen molar-refractivity contribution in [3.63, 3.8) is 0 Å². The molecule has 134 valence electrons. The van der Waals surface area contributed by atoms with Gasteiger partial charge >= 0.3 is 0 Å². The van der Waals surface area contributed by atoms with Gasteiger partial charge in [0.25, 0.3) is 5.91 Å². The van der Waals surface area contributed by atoms with Gasteiger partial charge < -0.3 is 9.73 Å². The van der Waals surface area contributed by atoms with E-state index >= 15 is 0 Å². The number of nitrogens with one attached hydrogen (secondary N) is 1. The Balaban J connectivity index is 1.81. The molecule has 0 atom stereocenters. The maximum absolute atomic E-state index is 12.3. The molecule has 1 heterocycles. The molecular weight excluding hydrogens is 407 g/mol. The molecule has 1 N–H and O–H groups in total. The maximum Gasteiger partial charge on any atom is 0.266 e. The van der Waals surface area contributed by atoms with Crippen LogP contribution in [0.15, 0.2) is 64.6 Å². The number of rotatable bonds is 4. The van der Waals surface area contributed by atoms with Crippen LogP contribution in [0.2, 0.25) is 15.1 Å². The molecule has 0 spiro atoms. The van der Waals surface area contributed by atoms with E-state index in [0.29, 0.717) is 37.8 Å². The van der Waals surface area contributed by atoms with Crippen molar-refractivity contribution in [1.82, 2.24) is 0 Å². The second-order valence-corrected chi connectivity index (χ2v) is 6.80. The molecule has 0 fully saturated rings. The molecule has 3 aromatic rings. The fraction of sp³-hybridized carbons (Fsp3) is 0. The van der Waals surface area contributed by atoms with E-state index in [2.05, 4.69) is 5.32 Å². The van der Waals surface area contributed by atoms with Crippen LogP contribution in [0.3, 0.4) is 0 Å². The minimum absolute atomic E-state index is 0.102. The third-order valence-electron chi connectivity index (χ3n) is 3.53. The summed E-state index contributed by atoms with van der Waals surface area (Å²) in [5, 5.41) is 13.4. The number of halogens is 3. The molecule has 7 heteroatoms. The van der Waals surface area contributed by atoms with E-state index in [4.69, 9.17) is 39.2 Å². The van der Waals surface area contributed by atoms with Crippen LogP contribution in [0, 0.1) is 11.3 Å². The molecule has 2 aromatic carbocycles. The first kappa shape index (κ1) is 19.1. The van der Waals surface area contributed by atoms with Gasteiger partial charge in [-0.25, -0.2) is 0 Å². The van der Waals surface area contributed by atoms with Gasteiger partial charge in [-0.2, -0.15) is 5.26 Å². The summed E-state index contributed by atoms with van der Waals surface area (Å²) in [6.07, 6.45) is 1.36. The van der Waals surface area contributed by atoms with E-state index in [0.717, 1.165) is 0 Å². The van der Waals surface area contributed by atoms with Crippen LogP contribution in [0.25, 0.3) is 17.4 Å². The molecule has 0 aliphatic carbocycles. The second kappa shape index (κ2) is 8.32. The first-order valence-electron chi connectivity index (χ1n) is 7.69. The third-order valence-corrected chi connectivity index (χ3v) is 4.22. The van der Waals surface area contributed by atoms with Gasteiger partial charge in [-0.3, -0.25) is 4.79 Å². The van der Waals surface area contributed by atoms with Gasteiger partial charge in [0.05, 0.1) is 0 Å². The molecule has 0 aliphatic rings. The zero-order chi connectivity index (χ0) is 19.4. The highest BCUT2D eigenvalue weighted by Crippen LogP contribution is 2.29. The molecule has 0 saturated carbocycles. The number of anilines is 1. The molecule has 1 aromatic heterocycles. The summed E-state index contributed by atoms with van der Waals surface area (Å²) in [7, 11) is 0. The zero-order valence-corrected chi connectivity index (χ0v) is 15.9. The molecule has 0 bridgehead atoms. The fourth-order valence-corrected chi connectivity index (χ4v) is 2.96. The van der Waals surface area contributed by atoms with Crippen LogP contribution in [-0.2, 0) is 4.79 Å². The van der Waals surface area contributed by atoms with E-state index in [9.17, 15) is 10.1 Å². The predicted molar refractivity (Wildman–Crippen MR) is 108 cm³/mol. The quantitative estimate of drug-likeness (QED) is 0.392. The van der Waals surface area contributed by atoms with Gasteiger partial charge in [0.2, 0.25) is 0 Å². The van der Waals surface area contributed by atoms with Crippen LogP contribution >= 0.6 is 34.8 Å². The number of hydrogen-bond donors (Lipinski definition) is 1. The SMILES string of the molecule is N#C/C(=C/c1ccc(-c2cc(Cl)cc(Cl)c2)o1)C(=O)Nc1ccc(Cl)cc1. The van der Waals surface area contributed by atoms with E-state index in [1.807, 2.05) is 6.07 Å². The predicted octanol–water partition coefficient (Wildman–Crippen LogP) is 6.45. The minimum atomic E-state index is -0.552. The zero-order valence-electron chi connectivity index (χ0n) is 13.7. The number of nitrogens with zero attached hydrogens (tertiary/aromatic N) is 1. The third kappa shape index (κ3) is 4.93. The average Bonchev–Trinajstić information content (AvgIpc) is 3.09. The van der Waals surface area contributed by atoms with Crippen LogP contribution in [0.1, 0.15) is 5.76 Å². The minimum Gasteiger partial charge on any atom is -0.457 e. The number of hydrogen-bond acceptors (Lipinski definition) is 3. The number of carbonyl (C=O) groups is 1. The Morgan fingerprint density at radius 1 is 0.963 bits per heavy atom. The maximum atomic E-state index is 12.3. The van der Waals surface area contributed by atoms with Crippen LogP contribution in [-0.4, -0.2) is 5.91 Å². The highest BCUT2D eigenvalue weighted by atomic mass is 35.5. The van der Waals surface area contributed by atoms with Crippen molar-refractivity contribution in [1.29, 1.82) is 5.26 Å². The Labute approximate surface area is 170 Å². The summed E-state index contributed by atoms with van der Waals surface area (Å²) in [5.74, 6) is 0.313. The van der Waals surface area contributed by atoms with E-state index in [-0.39, 0.29) is 5.57 Å². The number of amides is 1. The molecule has 0 aliphatic heterocycles. The Morgan fingerprint density at radius 2 is 1.63 bits per heavy atom. The fourth-order valence-electron chi connectivity index (χ4n) is 2.30. The monoisotopic (exact) mass is 416 g/mol. The van der Waals surface area contributed by atoms with Crippen molar-refractivity contribution in [3.05, 3.63) is 81.0 Å². The van der Waals surface area contributed by atoms with Gasteiger partial charge in [-0.1, -0.05) is 34.8 Å². The van der Waals surface area contributed by atoms with Crippen molar-refractivity contribution in [3.8, 4) is 17.4 Å². The average molecular weight is 418 g/mol. The van der Waals surface area contributed by atoms with Crippen molar-refractivity contribution >= 4 is 52.5 Å². The molecule has 0 saturated heterocycles. The summed E-state index contributed by atoms with van der Waals surface area (Å²) in [6.45, 7) is 0. The highest BCUT2D eigenvalue weighted by molar-refractivity contribution is 6.35.